The van der Waals surface area contributed by atoms with Gasteiger partial charge in [-0.15, -0.1) is 0 Å². The minimum atomic E-state index is 0.796. The lowest BCUT2D eigenvalue weighted by molar-refractivity contribution is 0.166. The summed E-state index contributed by atoms with van der Waals surface area (Å²) in [4.78, 5) is 5.33. The fraction of sp³-hybridized carbons (Fsp3) is 1.00. The smallest absolute Gasteiger partial charge is 0.0249 e. The summed E-state index contributed by atoms with van der Waals surface area (Å²) in [5, 5.41) is 3.92. The van der Waals surface area contributed by atoms with Crippen molar-refractivity contribution < 1.29 is 0 Å². The molecule has 0 saturated carbocycles. The molecule has 0 amide bonds. The molecule has 19 heavy (non-hydrogen) atoms. The summed E-state index contributed by atoms with van der Waals surface area (Å²) in [6, 6.07) is 1.66. The standard InChI is InChI=1S/C16H31N3/c1-2-18-10-6-14(7-11-18)13-17-15-8-12-19-9-4-3-5-16(15)19/h14-17H,2-13H2,1H3. The highest BCUT2D eigenvalue weighted by molar-refractivity contribution is 4.94. The summed E-state index contributed by atoms with van der Waals surface area (Å²) in [6.07, 6.45) is 8.52. The van der Waals surface area contributed by atoms with Crippen LogP contribution in [-0.2, 0) is 0 Å². The largest absolute Gasteiger partial charge is 0.312 e. The van der Waals surface area contributed by atoms with E-state index in [4.69, 9.17) is 0 Å². The quantitative estimate of drug-likeness (QED) is 0.838. The topological polar surface area (TPSA) is 18.5 Å². The minimum absolute atomic E-state index is 0.796. The molecule has 3 heteroatoms. The lowest BCUT2D eigenvalue weighted by atomic mass is 9.95. The van der Waals surface area contributed by atoms with E-state index < -0.39 is 0 Å². The van der Waals surface area contributed by atoms with Crippen molar-refractivity contribution in [3.63, 3.8) is 0 Å². The van der Waals surface area contributed by atoms with Gasteiger partial charge in [-0.05, 0) is 70.7 Å². The summed E-state index contributed by atoms with van der Waals surface area (Å²) >= 11 is 0. The number of nitrogens with one attached hydrogen (secondary N) is 1. The van der Waals surface area contributed by atoms with Gasteiger partial charge in [0.25, 0.3) is 0 Å². The van der Waals surface area contributed by atoms with Crippen LogP contribution < -0.4 is 5.32 Å². The third kappa shape index (κ3) is 3.32. The number of likely N-dealkylation sites (tertiary alicyclic amines) is 1. The van der Waals surface area contributed by atoms with E-state index in [-0.39, 0.29) is 0 Å². The maximum Gasteiger partial charge on any atom is 0.0249 e. The Kier molecular flexibility index (Phi) is 4.78. The molecule has 3 heterocycles. The molecular formula is C16H31N3. The summed E-state index contributed by atoms with van der Waals surface area (Å²) in [6.45, 7) is 10.1. The first kappa shape index (κ1) is 13.8. The summed E-state index contributed by atoms with van der Waals surface area (Å²) in [7, 11) is 0. The molecular weight excluding hydrogens is 234 g/mol. The molecule has 0 spiro atoms. The van der Waals surface area contributed by atoms with Crippen LogP contribution >= 0.6 is 0 Å². The summed E-state index contributed by atoms with van der Waals surface area (Å²) in [5.41, 5.74) is 0. The van der Waals surface area contributed by atoms with E-state index in [9.17, 15) is 0 Å². The number of hydrogen-bond acceptors (Lipinski definition) is 3. The monoisotopic (exact) mass is 265 g/mol. The number of hydrogen-bond donors (Lipinski definition) is 1. The van der Waals surface area contributed by atoms with Crippen molar-refractivity contribution in [2.45, 2.75) is 57.5 Å². The first-order chi connectivity index (χ1) is 9.36. The molecule has 3 rings (SSSR count). The minimum Gasteiger partial charge on any atom is -0.312 e. The second kappa shape index (κ2) is 6.55. The van der Waals surface area contributed by atoms with Gasteiger partial charge in [0.2, 0.25) is 0 Å². The SMILES string of the molecule is CCN1CCC(CNC2CCN3CCCCC23)CC1. The zero-order valence-electron chi connectivity index (χ0n) is 12.6. The van der Waals surface area contributed by atoms with Gasteiger partial charge in [0.1, 0.15) is 0 Å². The zero-order valence-corrected chi connectivity index (χ0v) is 12.6. The van der Waals surface area contributed by atoms with E-state index in [0.29, 0.717) is 0 Å². The predicted molar refractivity (Wildman–Crippen MR) is 80.5 cm³/mol. The first-order valence-electron chi connectivity index (χ1n) is 8.56. The van der Waals surface area contributed by atoms with E-state index in [1.165, 1.54) is 77.8 Å². The zero-order chi connectivity index (χ0) is 13.1. The molecule has 0 aromatic carbocycles. The van der Waals surface area contributed by atoms with E-state index in [1.807, 2.05) is 0 Å². The van der Waals surface area contributed by atoms with Crippen molar-refractivity contribution in [3.05, 3.63) is 0 Å². The number of piperidine rings is 2. The molecule has 3 aliphatic heterocycles. The summed E-state index contributed by atoms with van der Waals surface area (Å²) < 4.78 is 0. The Bertz CT molecular complexity index is 273. The van der Waals surface area contributed by atoms with E-state index >= 15 is 0 Å². The van der Waals surface area contributed by atoms with Gasteiger partial charge in [-0.1, -0.05) is 13.3 Å². The molecule has 1 N–H and O–H groups in total. The molecule has 110 valence electrons. The van der Waals surface area contributed by atoms with Crippen LogP contribution in [0.4, 0.5) is 0 Å². The summed E-state index contributed by atoms with van der Waals surface area (Å²) in [5.74, 6) is 0.931. The molecule has 3 saturated heterocycles. The Morgan fingerprint density at radius 1 is 0.947 bits per heavy atom. The van der Waals surface area contributed by atoms with Crippen molar-refractivity contribution in [2.75, 3.05) is 39.3 Å². The lowest BCUT2D eigenvalue weighted by Crippen LogP contribution is -2.47. The Hall–Kier alpha value is -0.120. The van der Waals surface area contributed by atoms with Gasteiger partial charge in [0, 0.05) is 18.6 Å². The van der Waals surface area contributed by atoms with Crippen molar-refractivity contribution in [2.24, 2.45) is 5.92 Å². The van der Waals surface area contributed by atoms with E-state index in [0.717, 1.165) is 18.0 Å². The molecule has 2 unspecified atom stereocenters. The molecule has 0 bridgehead atoms. The van der Waals surface area contributed by atoms with Crippen LogP contribution in [0.15, 0.2) is 0 Å². The molecule has 0 aromatic rings. The van der Waals surface area contributed by atoms with Crippen molar-refractivity contribution in [3.8, 4) is 0 Å². The molecule has 0 aliphatic carbocycles. The molecule has 3 fully saturated rings. The molecule has 0 aromatic heterocycles. The normalized spacial score (nSPS) is 34.6. The van der Waals surface area contributed by atoms with Crippen LogP contribution in [0.1, 0.15) is 45.4 Å². The van der Waals surface area contributed by atoms with Gasteiger partial charge in [-0.25, -0.2) is 0 Å². The van der Waals surface area contributed by atoms with Gasteiger partial charge in [-0.2, -0.15) is 0 Å². The van der Waals surface area contributed by atoms with Gasteiger partial charge < -0.3 is 10.2 Å². The van der Waals surface area contributed by atoms with Crippen molar-refractivity contribution in [1.82, 2.24) is 15.1 Å². The second-order valence-electron chi connectivity index (χ2n) is 6.78. The number of nitrogens with zero attached hydrogens (tertiary/aromatic N) is 2. The van der Waals surface area contributed by atoms with Crippen LogP contribution in [-0.4, -0.2) is 61.2 Å². The molecule has 3 nitrogen and oxygen atoms in total. The second-order valence-corrected chi connectivity index (χ2v) is 6.78. The van der Waals surface area contributed by atoms with Crippen LogP contribution in [0, 0.1) is 5.92 Å². The maximum absolute atomic E-state index is 3.92. The number of rotatable bonds is 4. The fourth-order valence-corrected chi connectivity index (χ4v) is 4.31. The Labute approximate surface area is 118 Å². The van der Waals surface area contributed by atoms with Crippen LogP contribution in [0.5, 0.6) is 0 Å². The van der Waals surface area contributed by atoms with E-state index in [2.05, 4.69) is 22.0 Å². The molecule has 2 atom stereocenters. The lowest BCUT2D eigenvalue weighted by Gasteiger charge is -2.35. The Morgan fingerprint density at radius 2 is 1.79 bits per heavy atom. The fourth-order valence-electron chi connectivity index (χ4n) is 4.31. The van der Waals surface area contributed by atoms with Gasteiger partial charge in [-0.3, -0.25) is 4.90 Å². The molecule has 3 aliphatic rings. The van der Waals surface area contributed by atoms with Gasteiger partial charge in [0.05, 0.1) is 0 Å². The third-order valence-electron chi connectivity index (χ3n) is 5.68. The van der Waals surface area contributed by atoms with Gasteiger partial charge in [0.15, 0.2) is 0 Å². The highest BCUT2D eigenvalue weighted by Gasteiger charge is 2.35. The Morgan fingerprint density at radius 3 is 2.58 bits per heavy atom. The predicted octanol–water partition coefficient (Wildman–Crippen LogP) is 1.93. The van der Waals surface area contributed by atoms with Crippen LogP contribution in [0.3, 0.4) is 0 Å². The average molecular weight is 265 g/mol. The molecule has 0 radical (unpaired) electrons. The third-order valence-corrected chi connectivity index (χ3v) is 5.68. The van der Waals surface area contributed by atoms with Crippen molar-refractivity contribution >= 4 is 0 Å². The average Bonchev–Trinajstić information content (AvgIpc) is 2.89. The Balaban J connectivity index is 1.40. The van der Waals surface area contributed by atoms with Crippen LogP contribution in [0.25, 0.3) is 0 Å². The number of fused-ring (bicyclic) bond motifs is 1. The van der Waals surface area contributed by atoms with Crippen molar-refractivity contribution in [1.29, 1.82) is 0 Å². The van der Waals surface area contributed by atoms with Gasteiger partial charge >= 0.3 is 0 Å². The van der Waals surface area contributed by atoms with Crippen LogP contribution in [0.2, 0.25) is 0 Å². The maximum atomic E-state index is 3.92. The highest BCUT2D eigenvalue weighted by Crippen LogP contribution is 2.27. The van der Waals surface area contributed by atoms with E-state index in [1.54, 1.807) is 0 Å². The highest BCUT2D eigenvalue weighted by atomic mass is 15.2. The first-order valence-corrected chi connectivity index (χ1v) is 8.56.